The summed E-state index contributed by atoms with van der Waals surface area (Å²) in [4.78, 5) is 23.7. The van der Waals surface area contributed by atoms with Gasteiger partial charge in [0.1, 0.15) is 0 Å². The van der Waals surface area contributed by atoms with Gasteiger partial charge in [-0.15, -0.1) is 0 Å². The second-order valence-electron chi connectivity index (χ2n) is 9.90. The maximum absolute atomic E-state index is 11.9. The first-order valence-electron chi connectivity index (χ1n) is 13.2. The predicted molar refractivity (Wildman–Crippen MR) is 155 cm³/mol. The molecule has 0 saturated heterocycles. The van der Waals surface area contributed by atoms with Gasteiger partial charge in [0, 0.05) is 17.1 Å². The monoisotopic (exact) mass is 510 g/mol. The minimum Gasteiger partial charge on any atom is -0.462 e. The number of carbonyl (C=O) groups excluding carboxylic acids is 2. The average molecular weight is 511 g/mol. The molecule has 3 rings (SSSR count). The van der Waals surface area contributed by atoms with Crippen LogP contribution in [0.4, 0.5) is 0 Å². The highest BCUT2D eigenvalue weighted by atomic mass is 16.5. The Hall–Kier alpha value is -3.92. The van der Waals surface area contributed by atoms with E-state index in [0.717, 1.165) is 23.1 Å². The van der Waals surface area contributed by atoms with Gasteiger partial charge in [0.05, 0.1) is 13.2 Å². The van der Waals surface area contributed by atoms with Crippen molar-refractivity contribution in [1.82, 2.24) is 0 Å². The Kier molecular flexibility index (Phi) is 10.7. The molecule has 0 fully saturated rings. The highest BCUT2D eigenvalue weighted by Crippen LogP contribution is 2.26. The number of esters is 2. The van der Waals surface area contributed by atoms with E-state index in [1.165, 1.54) is 29.5 Å². The Morgan fingerprint density at radius 3 is 1.39 bits per heavy atom. The standard InChI is InChI=1S/C34H38O4/c1-6-7-8-26-9-13-29(14-10-26)31-17-19-32(20-18-31)30-15-11-27(12-16-30)21-28(22-37-33(35)24(2)3)23-38-34(36)25(4)5/h9-20,28H,2,4,6-8,21-23H2,1,3,5H3. The molecule has 0 radical (unpaired) electrons. The Balaban J connectivity index is 1.65. The van der Waals surface area contributed by atoms with Crippen LogP contribution in [0, 0.1) is 5.92 Å². The number of unbranched alkanes of at least 4 members (excludes halogenated alkanes) is 1. The molecule has 0 bridgehead atoms. The normalized spacial score (nSPS) is 10.7. The molecule has 38 heavy (non-hydrogen) atoms. The van der Waals surface area contributed by atoms with Gasteiger partial charge in [-0.25, -0.2) is 9.59 Å². The van der Waals surface area contributed by atoms with E-state index in [1.54, 1.807) is 13.8 Å². The lowest BCUT2D eigenvalue weighted by molar-refractivity contribution is -0.144. The Labute approximate surface area is 227 Å². The van der Waals surface area contributed by atoms with E-state index in [-0.39, 0.29) is 19.1 Å². The SMILES string of the molecule is C=C(C)C(=O)OCC(COC(=O)C(=C)C)Cc1ccc(-c2ccc(-c3ccc(CCCC)cc3)cc2)cc1. The summed E-state index contributed by atoms with van der Waals surface area (Å²) in [5.41, 5.74) is 7.80. The van der Waals surface area contributed by atoms with Crippen LogP contribution in [0.5, 0.6) is 0 Å². The topological polar surface area (TPSA) is 52.6 Å². The van der Waals surface area contributed by atoms with E-state index in [9.17, 15) is 9.59 Å². The third-order valence-electron chi connectivity index (χ3n) is 6.40. The van der Waals surface area contributed by atoms with Crippen LogP contribution in [-0.4, -0.2) is 25.2 Å². The summed E-state index contributed by atoms with van der Waals surface area (Å²) in [7, 11) is 0. The summed E-state index contributed by atoms with van der Waals surface area (Å²) in [5, 5.41) is 0. The predicted octanol–water partition coefficient (Wildman–Crippen LogP) is 7.76. The molecule has 0 aliphatic carbocycles. The fourth-order valence-corrected chi connectivity index (χ4v) is 4.07. The number of carbonyl (C=O) groups is 2. The molecule has 0 N–H and O–H groups in total. The lowest BCUT2D eigenvalue weighted by Crippen LogP contribution is -2.23. The van der Waals surface area contributed by atoms with Crippen molar-refractivity contribution in [3.63, 3.8) is 0 Å². The first kappa shape index (κ1) is 28.6. The quantitative estimate of drug-likeness (QED) is 0.174. The molecule has 0 amide bonds. The molecule has 0 aliphatic rings. The fourth-order valence-electron chi connectivity index (χ4n) is 4.07. The Bertz CT molecular complexity index is 1210. The summed E-state index contributed by atoms with van der Waals surface area (Å²) >= 11 is 0. The van der Waals surface area contributed by atoms with Crippen LogP contribution >= 0.6 is 0 Å². The number of aryl methyl sites for hydroxylation is 1. The van der Waals surface area contributed by atoms with Crippen LogP contribution in [0.1, 0.15) is 44.7 Å². The van der Waals surface area contributed by atoms with Crippen molar-refractivity contribution < 1.29 is 19.1 Å². The minimum atomic E-state index is -0.451. The molecule has 0 saturated carbocycles. The molecule has 3 aromatic rings. The second-order valence-corrected chi connectivity index (χ2v) is 9.90. The van der Waals surface area contributed by atoms with E-state index in [2.05, 4.69) is 92.9 Å². The fraction of sp³-hybridized carbons (Fsp3) is 0.294. The first-order chi connectivity index (χ1) is 18.3. The summed E-state index contributed by atoms with van der Waals surface area (Å²) in [6.07, 6.45) is 4.16. The van der Waals surface area contributed by atoms with Crippen LogP contribution in [0.3, 0.4) is 0 Å². The lowest BCUT2D eigenvalue weighted by Gasteiger charge is -2.18. The van der Waals surface area contributed by atoms with Gasteiger partial charge in [-0.1, -0.05) is 99.3 Å². The molecule has 0 unspecified atom stereocenters. The molecule has 0 aliphatic heterocycles. The van der Waals surface area contributed by atoms with Gasteiger partial charge in [0.25, 0.3) is 0 Å². The molecular formula is C34H38O4. The molecule has 0 atom stereocenters. The zero-order chi connectivity index (χ0) is 27.5. The van der Waals surface area contributed by atoms with Crippen LogP contribution in [0.25, 0.3) is 22.3 Å². The molecule has 4 nitrogen and oxygen atoms in total. The van der Waals surface area contributed by atoms with Crippen molar-refractivity contribution in [3.05, 3.63) is 108 Å². The largest absolute Gasteiger partial charge is 0.462 e. The average Bonchev–Trinajstić information content (AvgIpc) is 2.93. The molecule has 4 heteroatoms. The zero-order valence-corrected chi connectivity index (χ0v) is 22.8. The number of rotatable bonds is 13. The maximum atomic E-state index is 11.9. The van der Waals surface area contributed by atoms with Crippen LogP contribution in [0.2, 0.25) is 0 Å². The third kappa shape index (κ3) is 8.58. The number of benzene rings is 3. The van der Waals surface area contributed by atoms with Gasteiger partial charge in [-0.3, -0.25) is 0 Å². The highest BCUT2D eigenvalue weighted by molar-refractivity contribution is 5.87. The van der Waals surface area contributed by atoms with Gasteiger partial charge in [0.15, 0.2) is 0 Å². The van der Waals surface area contributed by atoms with Gasteiger partial charge < -0.3 is 9.47 Å². The van der Waals surface area contributed by atoms with E-state index < -0.39 is 11.9 Å². The molecule has 198 valence electrons. The molecule has 0 spiro atoms. The Morgan fingerprint density at radius 1 is 0.658 bits per heavy atom. The number of hydrogen-bond donors (Lipinski definition) is 0. The van der Waals surface area contributed by atoms with Crippen molar-refractivity contribution in [3.8, 4) is 22.3 Å². The molecule has 0 aromatic heterocycles. The summed E-state index contributed by atoms with van der Waals surface area (Å²) in [5.74, 6) is -1.08. The minimum absolute atomic E-state index is 0.137. The summed E-state index contributed by atoms with van der Waals surface area (Å²) < 4.78 is 10.7. The smallest absolute Gasteiger partial charge is 0.333 e. The molecule has 3 aromatic carbocycles. The van der Waals surface area contributed by atoms with E-state index in [0.29, 0.717) is 17.6 Å². The van der Waals surface area contributed by atoms with Crippen LogP contribution in [0.15, 0.2) is 97.1 Å². The van der Waals surface area contributed by atoms with Crippen LogP contribution < -0.4 is 0 Å². The van der Waals surface area contributed by atoms with E-state index in [1.807, 2.05) is 0 Å². The third-order valence-corrected chi connectivity index (χ3v) is 6.40. The van der Waals surface area contributed by atoms with Crippen molar-refractivity contribution in [1.29, 1.82) is 0 Å². The van der Waals surface area contributed by atoms with Crippen molar-refractivity contribution in [2.45, 2.75) is 46.5 Å². The summed E-state index contributed by atoms with van der Waals surface area (Å²) in [6.45, 7) is 12.9. The van der Waals surface area contributed by atoms with Crippen molar-refractivity contribution in [2.24, 2.45) is 5.92 Å². The Morgan fingerprint density at radius 2 is 1.03 bits per heavy atom. The first-order valence-corrected chi connectivity index (χ1v) is 13.2. The van der Waals surface area contributed by atoms with Crippen molar-refractivity contribution >= 4 is 11.9 Å². The van der Waals surface area contributed by atoms with E-state index in [4.69, 9.17) is 9.47 Å². The lowest BCUT2D eigenvalue weighted by atomic mass is 9.96. The van der Waals surface area contributed by atoms with Gasteiger partial charge in [-0.2, -0.15) is 0 Å². The summed E-state index contributed by atoms with van der Waals surface area (Å²) in [6, 6.07) is 25.8. The van der Waals surface area contributed by atoms with Gasteiger partial charge >= 0.3 is 11.9 Å². The maximum Gasteiger partial charge on any atom is 0.333 e. The highest BCUT2D eigenvalue weighted by Gasteiger charge is 2.17. The van der Waals surface area contributed by atoms with Gasteiger partial charge in [0.2, 0.25) is 0 Å². The van der Waals surface area contributed by atoms with Crippen LogP contribution in [-0.2, 0) is 31.9 Å². The molecular weight excluding hydrogens is 472 g/mol. The van der Waals surface area contributed by atoms with E-state index >= 15 is 0 Å². The molecule has 0 heterocycles. The second kappa shape index (κ2) is 14.1. The number of ether oxygens (including phenoxy) is 2. The van der Waals surface area contributed by atoms with Crippen molar-refractivity contribution in [2.75, 3.05) is 13.2 Å². The number of hydrogen-bond acceptors (Lipinski definition) is 4. The van der Waals surface area contributed by atoms with Gasteiger partial charge in [-0.05, 0) is 66.5 Å². The zero-order valence-electron chi connectivity index (χ0n) is 22.8.